The molecule has 0 aliphatic carbocycles. The van der Waals surface area contributed by atoms with Gasteiger partial charge in [-0.1, -0.05) is 142 Å². The lowest BCUT2D eigenvalue weighted by atomic mass is 10.0. The third-order valence-corrected chi connectivity index (χ3v) is 7.32. The Morgan fingerprint density at radius 1 is 0.359 bits per heavy atom. The molecule has 0 unspecified atom stereocenters. The molecule has 0 bridgehead atoms. The highest BCUT2D eigenvalue weighted by molar-refractivity contribution is 5.69. The summed E-state index contributed by atoms with van der Waals surface area (Å²) in [7, 11) is 0. The van der Waals surface area contributed by atoms with Crippen LogP contribution in [0.5, 0.6) is 0 Å². The molecule has 0 amide bonds. The lowest BCUT2D eigenvalue weighted by molar-refractivity contribution is -0.144. The molecule has 0 aliphatic rings. The van der Waals surface area contributed by atoms with Crippen LogP contribution < -0.4 is 0 Å². The zero-order valence-corrected chi connectivity index (χ0v) is 26.5. The van der Waals surface area contributed by atoms with Crippen molar-refractivity contribution in [2.75, 3.05) is 46.2 Å². The Hall–Kier alpha value is -0.650. The van der Waals surface area contributed by atoms with Crippen LogP contribution in [0.4, 0.5) is 0 Å². The third-order valence-electron chi connectivity index (χ3n) is 7.32. The Bertz CT molecular complexity index is 457. The summed E-state index contributed by atoms with van der Waals surface area (Å²) < 4.78 is 22.0. The maximum atomic E-state index is 11.8. The fourth-order valence-electron chi connectivity index (χ4n) is 4.75. The minimum atomic E-state index is -0.0988. The number of hydrogen-bond donors (Lipinski definition) is 0. The van der Waals surface area contributed by atoms with Gasteiger partial charge >= 0.3 is 5.97 Å². The first-order valence-corrected chi connectivity index (χ1v) is 17.2. The molecule has 0 saturated heterocycles. The highest BCUT2D eigenvalue weighted by atomic mass is 16.5. The fraction of sp³-hybridized carbons (Fsp3) is 0.971. The molecule has 0 rings (SSSR count). The molecular weight excluding hydrogens is 488 g/mol. The van der Waals surface area contributed by atoms with Crippen molar-refractivity contribution in [1.82, 2.24) is 0 Å². The van der Waals surface area contributed by atoms with Crippen molar-refractivity contribution in [3.8, 4) is 0 Å². The monoisotopic (exact) mass is 557 g/mol. The van der Waals surface area contributed by atoms with Gasteiger partial charge in [0.2, 0.25) is 0 Å². The van der Waals surface area contributed by atoms with Crippen LogP contribution >= 0.6 is 0 Å². The lowest BCUT2D eigenvalue weighted by Crippen LogP contribution is -2.11. The molecule has 0 spiro atoms. The van der Waals surface area contributed by atoms with Gasteiger partial charge in [-0.2, -0.15) is 0 Å². The second-order valence-electron chi connectivity index (χ2n) is 11.2. The lowest BCUT2D eigenvalue weighted by Gasteiger charge is -2.07. The van der Waals surface area contributed by atoms with Crippen LogP contribution in [0.25, 0.3) is 0 Å². The molecule has 0 aromatic rings. The topological polar surface area (TPSA) is 54.0 Å². The summed E-state index contributed by atoms with van der Waals surface area (Å²) in [6.07, 6.45) is 30.5. The van der Waals surface area contributed by atoms with Crippen LogP contribution in [-0.4, -0.2) is 52.2 Å². The molecular formula is C34H68O5. The average molecular weight is 557 g/mol. The van der Waals surface area contributed by atoms with E-state index in [2.05, 4.69) is 13.8 Å². The van der Waals surface area contributed by atoms with Gasteiger partial charge in [0, 0.05) is 19.6 Å². The Balaban J connectivity index is 3.14. The molecule has 0 radical (unpaired) electrons. The molecule has 39 heavy (non-hydrogen) atoms. The van der Waals surface area contributed by atoms with Crippen LogP contribution in [0.3, 0.4) is 0 Å². The summed E-state index contributed by atoms with van der Waals surface area (Å²) >= 11 is 0. The minimum Gasteiger partial charge on any atom is -0.466 e. The molecule has 0 aliphatic heterocycles. The smallest absolute Gasteiger partial charge is 0.305 e. The van der Waals surface area contributed by atoms with E-state index in [0.29, 0.717) is 52.5 Å². The van der Waals surface area contributed by atoms with Gasteiger partial charge < -0.3 is 18.9 Å². The zero-order chi connectivity index (χ0) is 28.3. The first kappa shape index (κ1) is 38.4. The van der Waals surface area contributed by atoms with E-state index in [1.54, 1.807) is 0 Å². The van der Waals surface area contributed by atoms with Gasteiger partial charge in [-0.05, 0) is 19.3 Å². The average Bonchev–Trinajstić information content (AvgIpc) is 2.94. The Kier molecular flexibility index (Phi) is 34.8. The molecule has 0 saturated carbocycles. The normalized spacial score (nSPS) is 11.3. The second kappa shape index (κ2) is 35.4. The van der Waals surface area contributed by atoms with Gasteiger partial charge in [-0.3, -0.25) is 4.79 Å². The van der Waals surface area contributed by atoms with E-state index in [1.807, 2.05) is 0 Å². The predicted octanol–water partition coefficient (Wildman–Crippen LogP) is 9.98. The number of carbonyl (C=O) groups is 1. The van der Waals surface area contributed by atoms with Gasteiger partial charge in [0.1, 0.15) is 0 Å². The van der Waals surface area contributed by atoms with Crippen molar-refractivity contribution in [1.29, 1.82) is 0 Å². The largest absolute Gasteiger partial charge is 0.466 e. The van der Waals surface area contributed by atoms with Crippen LogP contribution in [0.2, 0.25) is 0 Å². The second-order valence-corrected chi connectivity index (χ2v) is 11.2. The number of rotatable bonds is 34. The van der Waals surface area contributed by atoms with Gasteiger partial charge in [0.25, 0.3) is 0 Å². The summed E-state index contributed by atoms with van der Waals surface area (Å²) in [5.74, 6) is -0.0988. The van der Waals surface area contributed by atoms with E-state index >= 15 is 0 Å². The molecule has 234 valence electrons. The number of carbonyl (C=O) groups excluding carboxylic acids is 1. The molecule has 0 heterocycles. The van der Waals surface area contributed by atoms with E-state index in [4.69, 9.17) is 18.9 Å². The highest BCUT2D eigenvalue weighted by Crippen LogP contribution is 2.14. The maximum absolute atomic E-state index is 11.8. The summed E-state index contributed by atoms with van der Waals surface area (Å²) in [5.41, 5.74) is 0. The maximum Gasteiger partial charge on any atom is 0.305 e. The van der Waals surface area contributed by atoms with Gasteiger partial charge in [0.05, 0.1) is 33.0 Å². The van der Waals surface area contributed by atoms with Crippen molar-refractivity contribution in [3.05, 3.63) is 0 Å². The first-order chi connectivity index (χ1) is 19.3. The zero-order valence-electron chi connectivity index (χ0n) is 26.5. The van der Waals surface area contributed by atoms with Crippen molar-refractivity contribution in [2.45, 2.75) is 168 Å². The quantitative estimate of drug-likeness (QED) is 0.0583. The van der Waals surface area contributed by atoms with Gasteiger partial charge in [0.15, 0.2) is 0 Å². The van der Waals surface area contributed by atoms with E-state index in [0.717, 1.165) is 19.4 Å². The number of unbranched alkanes of at least 4 members (excludes halogenated alkanes) is 20. The standard InChI is InChI=1S/C34H68O5/c1-3-5-7-9-11-12-13-14-15-16-17-18-19-20-22-24-29-39-34(35)26-25-28-37-31-33-38-32-30-36-27-23-21-10-8-6-4-2/h3-33H2,1-2H3. The predicted molar refractivity (Wildman–Crippen MR) is 166 cm³/mol. The van der Waals surface area contributed by atoms with E-state index < -0.39 is 0 Å². The molecule has 0 atom stereocenters. The van der Waals surface area contributed by atoms with Gasteiger partial charge in [-0.25, -0.2) is 0 Å². The Labute approximate surface area is 243 Å². The minimum absolute atomic E-state index is 0.0988. The summed E-state index contributed by atoms with van der Waals surface area (Å²) in [6, 6.07) is 0. The van der Waals surface area contributed by atoms with Crippen LogP contribution in [-0.2, 0) is 23.7 Å². The summed E-state index contributed by atoms with van der Waals surface area (Å²) in [5, 5.41) is 0. The van der Waals surface area contributed by atoms with Crippen molar-refractivity contribution >= 4 is 5.97 Å². The van der Waals surface area contributed by atoms with Crippen LogP contribution in [0.15, 0.2) is 0 Å². The van der Waals surface area contributed by atoms with Crippen molar-refractivity contribution < 1.29 is 23.7 Å². The number of esters is 1. The molecule has 0 aromatic carbocycles. The Morgan fingerprint density at radius 3 is 1.08 bits per heavy atom. The number of ether oxygens (including phenoxy) is 4. The molecule has 5 nitrogen and oxygen atoms in total. The number of hydrogen-bond acceptors (Lipinski definition) is 5. The highest BCUT2D eigenvalue weighted by Gasteiger charge is 2.03. The van der Waals surface area contributed by atoms with E-state index in [-0.39, 0.29) is 5.97 Å². The molecule has 0 aromatic heterocycles. The molecule has 0 N–H and O–H groups in total. The fourth-order valence-corrected chi connectivity index (χ4v) is 4.75. The van der Waals surface area contributed by atoms with Crippen LogP contribution in [0.1, 0.15) is 168 Å². The first-order valence-electron chi connectivity index (χ1n) is 17.2. The molecule has 0 fully saturated rings. The van der Waals surface area contributed by atoms with Gasteiger partial charge in [-0.15, -0.1) is 0 Å². The third kappa shape index (κ3) is 35.3. The van der Waals surface area contributed by atoms with Crippen LogP contribution in [0, 0.1) is 0 Å². The Morgan fingerprint density at radius 2 is 0.667 bits per heavy atom. The van der Waals surface area contributed by atoms with Crippen molar-refractivity contribution in [3.63, 3.8) is 0 Å². The molecule has 5 heteroatoms. The van der Waals surface area contributed by atoms with E-state index in [9.17, 15) is 4.79 Å². The summed E-state index contributed by atoms with van der Waals surface area (Å²) in [4.78, 5) is 11.8. The van der Waals surface area contributed by atoms with E-state index in [1.165, 1.54) is 128 Å². The SMILES string of the molecule is CCCCCCCCCCCCCCCCCCOC(=O)CCCOCCOCCOCCCCCCCC. The van der Waals surface area contributed by atoms with Crippen molar-refractivity contribution in [2.24, 2.45) is 0 Å². The summed E-state index contributed by atoms with van der Waals surface area (Å²) in [6.45, 7) is 8.90.